The van der Waals surface area contributed by atoms with Crippen LogP contribution in [0, 0.1) is 17.0 Å². The second kappa shape index (κ2) is 9.31. The highest BCUT2D eigenvalue weighted by molar-refractivity contribution is 7.80. The Morgan fingerprint density at radius 3 is 2.67 bits per heavy atom. The number of nitro benzene ring substituents is 1. The quantitative estimate of drug-likeness (QED) is 0.227. The van der Waals surface area contributed by atoms with Crippen LogP contribution in [-0.4, -0.2) is 28.0 Å². The molecule has 0 radical (unpaired) electrons. The third-order valence-electron chi connectivity index (χ3n) is 4.97. The first-order chi connectivity index (χ1) is 15.9. The molecular formula is C23H18N4O4S2. The number of thiocarbonyl (C=S) groups is 1. The lowest BCUT2D eigenvalue weighted by Crippen LogP contribution is -2.34. The number of thiazole rings is 1. The number of ether oxygens (including phenoxy) is 1. The van der Waals surface area contributed by atoms with Crippen LogP contribution in [0.3, 0.4) is 0 Å². The first-order valence-corrected chi connectivity index (χ1v) is 11.0. The Morgan fingerprint density at radius 2 is 1.94 bits per heavy atom. The molecule has 0 spiro atoms. The number of carbonyl (C=O) groups excluding carboxylic acids is 1. The SMILES string of the molecule is COc1ccc(C(=O)NC(=S)Nc2cccc(-c3nc4ccccc4s3)c2C)cc1[N+](=O)[O-]. The molecule has 0 bridgehead atoms. The number of carbonyl (C=O) groups is 1. The van der Waals surface area contributed by atoms with Gasteiger partial charge in [-0.3, -0.25) is 20.2 Å². The number of para-hydroxylation sites is 1. The molecule has 33 heavy (non-hydrogen) atoms. The van der Waals surface area contributed by atoms with Gasteiger partial charge in [-0.05, 0) is 55.0 Å². The van der Waals surface area contributed by atoms with Crippen molar-refractivity contribution in [2.24, 2.45) is 0 Å². The predicted octanol–water partition coefficient (Wildman–Crippen LogP) is 5.32. The van der Waals surface area contributed by atoms with E-state index in [2.05, 4.69) is 10.6 Å². The van der Waals surface area contributed by atoms with Gasteiger partial charge in [-0.2, -0.15) is 0 Å². The molecule has 0 unspecified atom stereocenters. The molecule has 0 atom stereocenters. The van der Waals surface area contributed by atoms with Crippen molar-refractivity contribution in [3.8, 4) is 16.3 Å². The summed E-state index contributed by atoms with van der Waals surface area (Å²) in [6.07, 6.45) is 0. The average molecular weight is 479 g/mol. The molecule has 2 N–H and O–H groups in total. The maximum atomic E-state index is 12.6. The molecule has 10 heteroatoms. The molecule has 0 saturated carbocycles. The lowest BCUT2D eigenvalue weighted by Gasteiger charge is -2.14. The standard InChI is InChI=1S/C23H18N4O4S2/c1-13-15(22-24-17-7-3-4-9-20(17)33-22)6-5-8-16(13)25-23(32)26-21(28)14-10-11-19(31-2)18(12-14)27(29)30/h3-12H,1-2H3,(H2,25,26,28,32). The maximum Gasteiger partial charge on any atom is 0.311 e. The van der Waals surface area contributed by atoms with E-state index >= 15 is 0 Å². The van der Waals surface area contributed by atoms with Gasteiger partial charge in [0, 0.05) is 22.9 Å². The fourth-order valence-corrected chi connectivity index (χ4v) is 4.54. The van der Waals surface area contributed by atoms with Crippen molar-refractivity contribution in [2.75, 3.05) is 12.4 Å². The van der Waals surface area contributed by atoms with Crippen LogP contribution in [0.15, 0.2) is 60.7 Å². The van der Waals surface area contributed by atoms with Crippen LogP contribution in [-0.2, 0) is 0 Å². The molecule has 1 heterocycles. The van der Waals surface area contributed by atoms with Crippen LogP contribution >= 0.6 is 23.6 Å². The number of nitrogens with zero attached hydrogens (tertiary/aromatic N) is 2. The predicted molar refractivity (Wildman–Crippen MR) is 133 cm³/mol. The lowest BCUT2D eigenvalue weighted by atomic mass is 10.1. The van der Waals surface area contributed by atoms with E-state index in [1.54, 1.807) is 11.3 Å². The summed E-state index contributed by atoms with van der Waals surface area (Å²) in [5.74, 6) is -0.502. The van der Waals surface area contributed by atoms with Crippen molar-refractivity contribution in [2.45, 2.75) is 6.92 Å². The smallest absolute Gasteiger partial charge is 0.311 e. The second-order valence-electron chi connectivity index (χ2n) is 7.02. The number of benzene rings is 3. The van der Waals surface area contributed by atoms with Crippen molar-refractivity contribution < 1.29 is 14.5 Å². The molecule has 1 aromatic heterocycles. The number of nitro groups is 1. The molecule has 0 aliphatic carbocycles. The second-order valence-corrected chi connectivity index (χ2v) is 8.46. The number of methoxy groups -OCH3 is 1. The maximum absolute atomic E-state index is 12.6. The molecule has 1 amide bonds. The highest BCUT2D eigenvalue weighted by atomic mass is 32.1. The zero-order valence-electron chi connectivity index (χ0n) is 17.6. The topological polar surface area (TPSA) is 106 Å². The summed E-state index contributed by atoms with van der Waals surface area (Å²) in [5.41, 5.74) is 3.33. The number of aromatic nitrogens is 1. The van der Waals surface area contributed by atoms with Gasteiger partial charge in [-0.25, -0.2) is 4.98 Å². The summed E-state index contributed by atoms with van der Waals surface area (Å²) < 4.78 is 6.06. The van der Waals surface area contributed by atoms with Crippen molar-refractivity contribution in [1.82, 2.24) is 10.3 Å². The number of hydrogen-bond donors (Lipinski definition) is 2. The molecule has 8 nitrogen and oxygen atoms in total. The molecule has 4 rings (SSSR count). The first-order valence-electron chi connectivity index (χ1n) is 9.77. The molecule has 0 saturated heterocycles. The number of hydrogen-bond acceptors (Lipinski definition) is 7. The minimum absolute atomic E-state index is 0.0690. The number of nitrogens with one attached hydrogen (secondary N) is 2. The molecule has 0 aliphatic heterocycles. The van der Waals surface area contributed by atoms with Gasteiger partial charge >= 0.3 is 5.69 Å². The van der Waals surface area contributed by atoms with Crippen molar-refractivity contribution in [3.05, 3.63) is 81.9 Å². The summed E-state index contributed by atoms with van der Waals surface area (Å²) in [7, 11) is 1.33. The van der Waals surface area contributed by atoms with Gasteiger partial charge in [0.25, 0.3) is 5.91 Å². The Morgan fingerprint density at radius 1 is 1.15 bits per heavy atom. The van der Waals surface area contributed by atoms with Crippen molar-refractivity contribution in [3.63, 3.8) is 0 Å². The van der Waals surface area contributed by atoms with E-state index in [0.717, 1.165) is 38.1 Å². The zero-order valence-corrected chi connectivity index (χ0v) is 19.3. The van der Waals surface area contributed by atoms with Crippen LogP contribution < -0.4 is 15.4 Å². The Balaban J connectivity index is 1.52. The fraction of sp³-hybridized carbons (Fsp3) is 0.0870. The fourth-order valence-electron chi connectivity index (χ4n) is 3.29. The average Bonchev–Trinajstić information content (AvgIpc) is 3.23. The highest BCUT2D eigenvalue weighted by Gasteiger charge is 2.19. The highest BCUT2D eigenvalue weighted by Crippen LogP contribution is 2.34. The zero-order chi connectivity index (χ0) is 23.5. The van der Waals surface area contributed by atoms with E-state index in [0.29, 0.717) is 0 Å². The van der Waals surface area contributed by atoms with Crippen molar-refractivity contribution >= 4 is 56.2 Å². The Labute approximate surface area is 198 Å². The van der Waals surface area contributed by atoms with Crippen LogP contribution in [0.1, 0.15) is 15.9 Å². The van der Waals surface area contributed by atoms with Gasteiger partial charge in [0.15, 0.2) is 10.9 Å². The Bertz CT molecular complexity index is 1370. The van der Waals surface area contributed by atoms with Crippen LogP contribution in [0.4, 0.5) is 11.4 Å². The van der Waals surface area contributed by atoms with Gasteiger partial charge in [0.1, 0.15) is 5.01 Å². The van der Waals surface area contributed by atoms with Gasteiger partial charge in [-0.1, -0.05) is 24.3 Å². The third-order valence-corrected chi connectivity index (χ3v) is 6.24. The molecule has 166 valence electrons. The molecule has 0 aliphatic rings. The number of fused-ring (bicyclic) bond motifs is 1. The number of anilines is 1. The normalized spacial score (nSPS) is 10.6. The summed E-state index contributed by atoms with van der Waals surface area (Å²) in [6, 6.07) is 17.6. The molecule has 3 aromatic carbocycles. The van der Waals surface area contributed by atoms with E-state index in [9.17, 15) is 14.9 Å². The minimum atomic E-state index is -0.608. The number of rotatable bonds is 5. The van der Waals surface area contributed by atoms with Gasteiger partial charge in [-0.15, -0.1) is 11.3 Å². The summed E-state index contributed by atoms with van der Waals surface area (Å²) >= 11 is 6.90. The van der Waals surface area contributed by atoms with Gasteiger partial charge < -0.3 is 10.1 Å². The van der Waals surface area contributed by atoms with E-state index in [-0.39, 0.29) is 22.1 Å². The molecular weight excluding hydrogens is 460 g/mol. The molecule has 0 fully saturated rings. The van der Waals surface area contributed by atoms with Crippen molar-refractivity contribution in [1.29, 1.82) is 0 Å². The third kappa shape index (κ3) is 4.66. The number of amides is 1. The lowest BCUT2D eigenvalue weighted by molar-refractivity contribution is -0.385. The minimum Gasteiger partial charge on any atom is -0.490 e. The Hall–Kier alpha value is -3.89. The summed E-state index contributed by atoms with van der Waals surface area (Å²) in [6.45, 7) is 1.95. The van der Waals surface area contributed by atoms with E-state index in [4.69, 9.17) is 21.9 Å². The van der Waals surface area contributed by atoms with Crippen LogP contribution in [0.25, 0.3) is 20.8 Å². The molecule has 4 aromatic rings. The van der Waals surface area contributed by atoms with Gasteiger partial charge in [0.05, 0.1) is 22.2 Å². The monoisotopic (exact) mass is 478 g/mol. The largest absolute Gasteiger partial charge is 0.490 e. The van der Waals surface area contributed by atoms with Gasteiger partial charge in [0.2, 0.25) is 0 Å². The summed E-state index contributed by atoms with van der Waals surface area (Å²) in [5, 5.41) is 17.8. The van der Waals surface area contributed by atoms with E-state index in [1.165, 1.54) is 19.2 Å². The van der Waals surface area contributed by atoms with Crippen LogP contribution in [0.2, 0.25) is 0 Å². The van der Waals surface area contributed by atoms with E-state index in [1.807, 2.05) is 49.4 Å². The Kier molecular flexibility index (Phi) is 6.29. The van der Waals surface area contributed by atoms with E-state index < -0.39 is 10.8 Å². The summed E-state index contributed by atoms with van der Waals surface area (Å²) in [4.78, 5) is 27.9. The van der Waals surface area contributed by atoms with Crippen LogP contribution in [0.5, 0.6) is 5.75 Å². The first kappa shape index (κ1) is 22.3.